The fourth-order valence-electron chi connectivity index (χ4n) is 2.32. The van der Waals surface area contributed by atoms with Crippen molar-refractivity contribution in [2.24, 2.45) is 0 Å². The highest BCUT2D eigenvalue weighted by molar-refractivity contribution is 7.85. The van der Waals surface area contributed by atoms with E-state index in [0.717, 1.165) is 0 Å². The molecule has 0 aromatic carbocycles. The zero-order valence-electron chi connectivity index (χ0n) is 13.3. The van der Waals surface area contributed by atoms with Crippen molar-refractivity contribution >= 4 is 22.4 Å². The van der Waals surface area contributed by atoms with Crippen LogP contribution >= 0.6 is 0 Å². The van der Waals surface area contributed by atoms with Gasteiger partial charge in [0.2, 0.25) is 5.54 Å². The number of carbonyl (C=O) groups excluding carboxylic acids is 2. The van der Waals surface area contributed by atoms with E-state index in [1.807, 2.05) is 0 Å². The molecule has 2 aliphatic rings. The lowest BCUT2D eigenvalue weighted by Gasteiger charge is -2.32. The molecule has 2 heterocycles. The van der Waals surface area contributed by atoms with Crippen LogP contribution in [0, 0.1) is 0 Å². The minimum absolute atomic E-state index is 0.0353. The number of nitrogens with zero attached hydrogens (tertiary/aromatic N) is 1. The third kappa shape index (κ3) is 3.06. The smallest absolute Gasteiger partial charge is 0.431 e. The second-order valence-corrected chi connectivity index (χ2v) is 7.73. The topological polar surface area (TPSA) is 108 Å². The predicted octanol–water partition coefficient (Wildman–Crippen LogP) is 0.713. The summed E-state index contributed by atoms with van der Waals surface area (Å²) in [5.74, 6) is -0.973. The Balaban J connectivity index is 2.48. The van der Waals surface area contributed by atoms with Gasteiger partial charge in [-0.05, 0) is 27.7 Å². The van der Waals surface area contributed by atoms with Crippen molar-refractivity contribution < 1.29 is 36.4 Å². The zero-order chi connectivity index (χ0) is 17.6. The number of ether oxygens (including phenoxy) is 3. The molecule has 0 spiro atoms. The Hall–Kier alpha value is -1.65. The summed E-state index contributed by atoms with van der Waals surface area (Å²) in [6.45, 7) is 9.04. The molecule has 9 nitrogen and oxygen atoms in total. The van der Waals surface area contributed by atoms with Gasteiger partial charge in [0.15, 0.2) is 0 Å². The van der Waals surface area contributed by atoms with E-state index in [2.05, 4.69) is 6.58 Å². The fourth-order valence-corrected chi connectivity index (χ4v) is 3.78. The first-order valence-corrected chi connectivity index (χ1v) is 8.19. The minimum atomic E-state index is -4.51. The largest absolute Gasteiger partial charge is 0.458 e. The van der Waals surface area contributed by atoms with Crippen LogP contribution < -0.4 is 0 Å². The predicted molar refractivity (Wildman–Crippen MR) is 76.3 cm³/mol. The highest BCUT2D eigenvalue weighted by atomic mass is 32.2. The SMILES string of the molecule is C=C(C)OC(=O)N1[C@]2(C(=O)OC(C)(C)C)COC[C@@H]2OS1(=O)=O. The molecule has 10 heteroatoms. The summed E-state index contributed by atoms with van der Waals surface area (Å²) in [6, 6.07) is 0. The average molecular weight is 349 g/mol. The van der Waals surface area contributed by atoms with Crippen molar-refractivity contribution in [3.05, 3.63) is 12.3 Å². The molecular weight excluding hydrogens is 330 g/mol. The number of fused-ring (bicyclic) bond motifs is 1. The molecule has 1 amide bonds. The number of esters is 1. The van der Waals surface area contributed by atoms with Gasteiger partial charge in [-0.2, -0.15) is 12.7 Å². The Morgan fingerprint density at radius 1 is 1.35 bits per heavy atom. The maximum Gasteiger partial charge on any atom is 0.431 e. The first kappa shape index (κ1) is 17.7. The van der Waals surface area contributed by atoms with Crippen LogP contribution in [-0.4, -0.2) is 55.2 Å². The molecular formula is C13H19NO8S. The van der Waals surface area contributed by atoms with Gasteiger partial charge >= 0.3 is 22.4 Å². The molecule has 0 N–H and O–H groups in total. The Bertz CT molecular complexity index is 649. The van der Waals surface area contributed by atoms with Crippen molar-refractivity contribution in [3.8, 4) is 0 Å². The van der Waals surface area contributed by atoms with E-state index in [9.17, 15) is 18.0 Å². The lowest BCUT2D eigenvalue weighted by atomic mass is 9.95. The summed E-state index contributed by atoms with van der Waals surface area (Å²) in [7, 11) is -4.51. The van der Waals surface area contributed by atoms with Crippen molar-refractivity contribution in [1.82, 2.24) is 4.31 Å². The molecule has 130 valence electrons. The molecule has 0 aliphatic carbocycles. The third-order valence-electron chi connectivity index (χ3n) is 3.13. The summed E-state index contributed by atoms with van der Waals surface area (Å²) in [6.07, 6.45) is -2.49. The quantitative estimate of drug-likeness (QED) is 0.530. The van der Waals surface area contributed by atoms with Gasteiger partial charge in [-0.25, -0.2) is 13.8 Å². The van der Waals surface area contributed by atoms with Gasteiger partial charge in [0.05, 0.1) is 19.0 Å². The van der Waals surface area contributed by atoms with E-state index in [1.165, 1.54) is 6.92 Å². The number of allylic oxidation sites excluding steroid dienone is 1. The number of rotatable bonds is 2. The molecule has 0 radical (unpaired) electrons. The van der Waals surface area contributed by atoms with Crippen molar-refractivity contribution in [2.45, 2.75) is 44.9 Å². The number of carbonyl (C=O) groups is 2. The highest BCUT2D eigenvalue weighted by Gasteiger charge is 2.70. The van der Waals surface area contributed by atoms with E-state index >= 15 is 0 Å². The molecule has 0 unspecified atom stereocenters. The van der Waals surface area contributed by atoms with Crippen LogP contribution in [0.4, 0.5) is 4.79 Å². The Kier molecular flexibility index (Phi) is 4.20. The summed E-state index contributed by atoms with van der Waals surface area (Å²) in [5.41, 5.74) is -2.84. The van der Waals surface area contributed by atoms with E-state index in [-0.39, 0.29) is 23.3 Å². The molecule has 2 rings (SSSR count). The third-order valence-corrected chi connectivity index (χ3v) is 4.53. The van der Waals surface area contributed by atoms with Crippen molar-refractivity contribution in [1.29, 1.82) is 0 Å². The lowest BCUT2D eigenvalue weighted by Crippen LogP contribution is -2.61. The van der Waals surface area contributed by atoms with Gasteiger partial charge < -0.3 is 14.2 Å². The summed E-state index contributed by atoms with van der Waals surface area (Å²) in [4.78, 5) is 24.8. The normalized spacial score (nSPS) is 29.0. The Morgan fingerprint density at radius 3 is 2.48 bits per heavy atom. The lowest BCUT2D eigenvalue weighted by molar-refractivity contribution is -0.167. The highest BCUT2D eigenvalue weighted by Crippen LogP contribution is 2.41. The first-order valence-electron chi connectivity index (χ1n) is 6.82. The van der Waals surface area contributed by atoms with Crippen molar-refractivity contribution in [2.75, 3.05) is 13.2 Å². The van der Waals surface area contributed by atoms with Crippen LogP contribution in [0.25, 0.3) is 0 Å². The van der Waals surface area contributed by atoms with Crippen LogP contribution in [0.3, 0.4) is 0 Å². The van der Waals surface area contributed by atoms with Crippen LogP contribution in [-0.2, 0) is 33.5 Å². The standard InChI is InChI=1S/C13H19NO8S/c1-8(2)20-11(16)14-13(10(15)21-12(3,4)5)7-19-6-9(13)22-23(14,17)18/h9H,1,6-7H2,2-5H3/t9-,13+/m0/s1. The molecule has 0 aromatic heterocycles. The Labute approximate surface area is 134 Å². The van der Waals surface area contributed by atoms with Gasteiger partial charge in [0.25, 0.3) is 0 Å². The molecule has 23 heavy (non-hydrogen) atoms. The van der Waals surface area contributed by atoms with E-state index in [0.29, 0.717) is 0 Å². The van der Waals surface area contributed by atoms with E-state index in [4.69, 9.17) is 18.4 Å². The van der Waals surface area contributed by atoms with Crippen LogP contribution in [0.1, 0.15) is 27.7 Å². The first-order chi connectivity index (χ1) is 10.4. The average Bonchev–Trinajstić information content (AvgIpc) is 2.77. The van der Waals surface area contributed by atoms with Gasteiger partial charge in [-0.15, -0.1) is 0 Å². The Morgan fingerprint density at radius 2 is 1.96 bits per heavy atom. The van der Waals surface area contributed by atoms with Gasteiger partial charge in [-0.3, -0.25) is 0 Å². The van der Waals surface area contributed by atoms with E-state index in [1.54, 1.807) is 20.8 Å². The maximum absolute atomic E-state index is 12.6. The maximum atomic E-state index is 12.6. The molecule has 2 saturated heterocycles. The van der Waals surface area contributed by atoms with Gasteiger partial charge in [0.1, 0.15) is 11.7 Å². The van der Waals surface area contributed by atoms with Crippen molar-refractivity contribution in [3.63, 3.8) is 0 Å². The van der Waals surface area contributed by atoms with Gasteiger partial charge in [-0.1, -0.05) is 6.58 Å². The number of hydrogen-bond acceptors (Lipinski definition) is 8. The molecule has 0 saturated carbocycles. The van der Waals surface area contributed by atoms with Crippen LogP contribution in [0.2, 0.25) is 0 Å². The number of amides is 1. The monoisotopic (exact) mass is 349 g/mol. The van der Waals surface area contributed by atoms with Gasteiger partial charge in [0, 0.05) is 0 Å². The van der Waals surface area contributed by atoms with E-state index < -0.39 is 39.6 Å². The second kappa shape index (κ2) is 5.46. The van der Waals surface area contributed by atoms with Crippen LogP contribution in [0.5, 0.6) is 0 Å². The summed E-state index contributed by atoms with van der Waals surface area (Å²) >= 11 is 0. The molecule has 2 aliphatic heterocycles. The molecule has 2 fully saturated rings. The second-order valence-electron chi connectivity index (χ2n) is 6.32. The minimum Gasteiger partial charge on any atom is -0.458 e. The number of hydrogen-bond donors (Lipinski definition) is 0. The summed E-state index contributed by atoms with van der Waals surface area (Å²) in [5, 5.41) is 0. The summed E-state index contributed by atoms with van der Waals surface area (Å²) < 4.78 is 44.7. The van der Waals surface area contributed by atoms with Crippen LogP contribution in [0.15, 0.2) is 12.3 Å². The molecule has 0 bridgehead atoms. The zero-order valence-corrected chi connectivity index (χ0v) is 14.1. The molecule has 2 atom stereocenters. The fraction of sp³-hybridized carbons (Fsp3) is 0.692. The molecule has 0 aromatic rings.